The summed E-state index contributed by atoms with van der Waals surface area (Å²) in [7, 11) is 0. The summed E-state index contributed by atoms with van der Waals surface area (Å²) in [5, 5.41) is 7.41. The minimum atomic E-state index is 0.230. The molecule has 2 N–H and O–H groups in total. The van der Waals surface area contributed by atoms with Crippen LogP contribution < -0.4 is 15.4 Å². The van der Waals surface area contributed by atoms with Gasteiger partial charge in [-0.15, -0.1) is 0 Å². The monoisotopic (exact) mass is 358 g/mol. The molecule has 3 aliphatic heterocycles. The SMILES string of the molecule is CC(C)CCOc1ccc2c(c1)C1OCCCC1C(C1CCNCC1)N2. The maximum atomic E-state index is 6.32. The molecule has 0 radical (unpaired) electrons. The van der Waals surface area contributed by atoms with E-state index in [-0.39, 0.29) is 6.10 Å². The van der Waals surface area contributed by atoms with Crippen molar-refractivity contribution in [2.75, 3.05) is 31.6 Å². The van der Waals surface area contributed by atoms with Gasteiger partial charge in [0.05, 0.1) is 12.7 Å². The first-order valence-electron chi connectivity index (χ1n) is 10.6. The van der Waals surface area contributed by atoms with E-state index in [9.17, 15) is 0 Å². The number of anilines is 1. The molecule has 0 aliphatic carbocycles. The van der Waals surface area contributed by atoms with Gasteiger partial charge >= 0.3 is 0 Å². The number of fused-ring (bicyclic) bond motifs is 3. The molecule has 1 aromatic rings. The Morgan fingerprint density at radius 1 is 1.19 bits per heavy atom. The summed E-state index contributed by atoms with van der Waals surface area (Å²) >= 11 is 0. The van der Waals surface area contributed by atoms with Crippen molar-refractivity contribution in [2.24, 2.45) is 17.8 Å². The normalized spacial score (nSPS) is 29.0. The van der Waals surface area contributed by atoms with Crippen molar-refractivity contribution in [3.63, 3.8) is 0 Å². The topological polar surface area (TPSA) is 42.5 Å². The van der Waals surface area contributed by atoms with Gasteiger partial charge in [-0.05, 0) is 75.2 Å². The molecule has 0 saturated carbocycles. The number of rotatable bonds is 5. The van der Waals surface area contributed by atoms with Crippen LogP contribution in [0.3, 0.4) is 0 Å². The minimum absolute atomic E-state index is 0.230. The second-order valence-electron chi connectivity index (χ2n) is 8.64. The van der Waals surface area contributed by atoms with E-state index in [2.05, 4.69) is 42.7 Å². The van der Waals surface area contributed by atoms with E-state index >= 15 is 0 Å². The van der Waals surface area contributed by atoms with E-state index in [1.807, 2.05) is 0 Å². The molecule has 3 heterocycles. The quantitative estimate of drug-likeness (QED) is 0.820. The fourth-order valence-corrected chi connectivity index (χ4v) is 4.86. The van der Waals surface area contributed by atoms with Gasteiger partial charge < -0.3 is 20.1 Å². The molecule has 1 aromatic carbocycles. The summed E-state index contributed by atoms with van der Waals surface area (Å²) in [6.07, 6.45) is 6.32. The fraction of sp³-hybridized carbons (Fsp3) is 0.727. The largest absolute Gasteiger partial charge is 0.494 e. The van der Waals surface area contributed by atoms with Gasteiger partial charge in [0.2, 0.25) is 0 Å². The molecular weight excluding hydrogens is 324 g/mol. The van der Waals surface area contributed by atoms with Crippen molar-refractivity contribution >= 4 is 5.69 Å². The van der Waals surface area contributed by atoms with Gasteiger partial charge in [-0.25, -0.2) is 0 Å². The van der Waals surface area contributed by atoms with E-state index in [1.54, 1.807) is 0 Å². The van der Waals surface area contributed by atoms with Gasteiger partial charge in [-0.1, -0.05) is 13.8 Å². The molecule has 4 nitrogen and oxygen atoms in total. The number of hydrogen-bond donors (Lipinski definition) is 2. The zero-order valence-electron chi connectivity index (χ0n) is 16.3. The molecule has 0 amide bonds. The van der Waals surface area contributed by atoms with Gasteiger partial charge in [-0.3, -0.25) is 0 Å². The van der Waals surface area contributed by atoms with Crippen LogP contribution in [0.15, 0.2) is 18.2 Å². The molecule has 4 heteroatoms. The highest BCUT2D eigenvalue weighted by molar-refractivity contribution is 5.58. The van der Waals surface area contributed by atoms with Gasteiger partial charge in [0.1, 0.15) is 5.75 Å². The number of hydrogen-bond acceptors (Lipinski definition) is 4. The van der Waals surface area contributed by atoms with Crippen molar-refractivity contribution in [1.29, 1.82) is 0 Å². The highest BCUT2D eigenvalue weighted by Crippen LogP contribution is 2.47. The second-order valence-corrected chi connectivity index (χ2v) is 8.64. The lowest BCUT2D eigenvalue weighted by molar-refractivity contribution is -0.0455. The van der Waals surface area contributed by atoms with Crippen molar-refractivity contribution in [1.82, 2.24) is 5.32 Å². The highest BCUT2D eigenvalue weighted by atomic mass is 16.5. The highest BCUT2D eigenvalue weighted by Gasteiger charge is 2.42. The molecular formula is C22H34N2O2. The van der Waals surface area contributed by atoms with E-state index < -0.39 is 0 Å². The lowest BCUT2D eigenvalue weighted by Gasteiger charge is -2.47. The maximum absolute atomic E-state index is 6.32. The third-order valence-corrected chi connectivity index (χ3v) is 6.34. The second kappa shape index (κ2) is 8.18. The first-order valence-corrected chi connectivity index (χ1v) is 10.6. The van der Waals surface area contributed by atoms with E-state index in [4.69, 9.17) is 9.47 Å². The standard InChI is InChI=1S/C22H34N2O2/c1-15(2)9-13-25-17-5-6-20-19(14-17)22-18(4-3-12-26-22)21(24-20)16-7-10-23-11-8-16/h5-6,14-16,18,21-24H,3-4,7-13H2,1-2H3. The van der Waals surface area contributed by atoms with Crippen LogP contribution in [0.4, 0.5) is 5.69 Å². The van der Waals surface area contributed by atoms with E-state index in [1.165, 1.54) is 36.9 Å². The zero-order valence-corrected chi connectivity index (χ0v) is 16.3. The number of benzene rings is 1. The lowest BCUT2D eigenvalue weighted by Crippen LogP contribution is -2.48. The lowest BCUT2D eigenvalue weighted by atomic mass is 9.73. The number of nitrogens with one attached hydrogen (secondary N) is 2. The van der Waals surface area contributed by atoms with Crippen molar-refractivity contribution in [3.8, 4) is 5.75 Å². The molecule has 3 atom stereocenters. The Morgan fingerprint density at radius 2 is 2.04 bits per heavy atom. The smallest absolute Gasteiger partial charge is 0.119 e. The van der Waals surface area contributed by atoms with Crippen LogP contribution in [0.5, 0.6) is 5.75 Å². The Balaban J connectivity index is 1.54. The number of piperidine rings is 1. The summed E-state index contributed by atoms with van der Waals surface area (Å²) in [5.41, 5.74) is 2.56. The van der Waals surface area contributed by atoms with Gasteiger partial charge in [0.15, 0.2) is 0 Å². The Kier molecular flexibility index (Phi) is 5.70. The Hall–Kier alpha value is -1.26. The molecule has 4 rings (SSSR count). The number of ether oxygens (including phenoxy) is 2. The van der Waals surface area contributed by atoms with Crippen molar-refractivity contribution in [3.05, 3.63) is 23.8 Å². The molecule has 3 unspecified atom stereocenters. The molecule has 26 heavy (non-hydrogen) atoms. The maximum Gasteiger partial charge on any atom is 0.119 e. The van der Waals surface area contributed by atoms with Crippen LogP contribution in [0.25, 0.3) is 0 Å². The van der Waals surface area contributed by atoms with Crippen molar-refractivity contribution in [2.45, 2.75) is 58.1 Å². The first-order chi connectivity index (χ1) is 12.7. The van der Waals surface area contributed by atoms with Crippen LogP contribution in [0, 0.1) is 17.8 Å². The average Bonchev–Trinajstić information content (AvgIpc) is 2.68. The average molecular weight is 359 g/mol. The third-order valence-electron chi connectivity index (χ3n) is 6.34. The summed E-state index contributed by atoms with van der Waals surface area (Å²) in [5.74, 6) is 3.00. The summed E-state index contributed by atoms with van der Waals surface area (Å²) < 4.78 is 12.3. The van der Waals surface area contributed by atoms with Gasteiger partial charge in [-0.2, -0.15) is 0 Å². The Labute approximate surface area is 158 Å². The van der Waals surface area contributed by atoms with Crippen LogP contribution in [0.1, 0.15) is 57.6 Å². The molecule has 0 bridgehead atoms. The fourth-order valence-electron chi connectivity index (χ4n) is 4.86. The molecule has 0 spiro atoms. The van der Waals surface area contributed by atoms with E-state index in [0.29, 0.717) is 17.9 Å². The van der Waals surface area contributed by atoms with Crippen LogP contribution >= 0.6 is 0 Å². The summed E-state index contributed by atoms with van der Waals surface area (Å²) in [6.45, 7) is 8.45. The third kappa shape index (κ3) is 3.86. The van der Waals surface area contributed by atoms with E-state index in [0.717, 1.165) is 44.4 Å². The Bertz CT molecular complexity index is 598. The Morgan fingerprint density at radius 3 is 2.85 bits per heavy atom. The molecule has 0 aromatic heterocycles. The summed E-state index contributed by atoms with van der Waals surface area (Å²) in [4.78, 5) is 0. The summed E-state index contributed by atoms with van der Waals surface area (Å²) in [6, 6.07) is 7.10. The molecule has 144 valence electrons. The van der Waals surface area contributed by atoms with Crippen LogP contribution in [-0.2, 0) is 4.74 Å². The van der Waals surface area contributed by atoms with Gasteiger partial charge in [0.25, 0.3) is 0 Å². The molecule has 2 fully saturated rings. The van der Waals surface area contributed by atoms with Crippen molar-refractivity contribution < 1.29 is 9.47 Å². The van der Waals surface area contributed by atoms with Gasteiger partial charge in [0, 0.05) is 29.8 Å². The predicted molar refractivity (Wildman–Crippen MR) is 106 cm³/mol. The molecule has 2 saturated heterocycles. The minimum Gasteiger partial charge on any atom is -0.494 e. The zero-order chi connectivity index (χ0) is 17.9. The van der Waals surface area contributed by atoms with Crippen LogP contribution in [0.2, 0.25) is 0 Å². The molecule has 3 aliphatic rings. The predicted octanol–water partition coefficient (Wildman–Crippen LogP) is 4.37. The van der Waals surface area contributed by atoms with Crippen LogP contribution in [-0.4, -0.2) is 32.3 Å². The first kappa shape index (κ1) is 18.1.